The van der Waals surface area contributed by atoms with Crippen LogP contribution in [0, 0.1) is 13.8 Å². The first kappa shape index (κ1) is 141. The smallest absolute Gasteiger partial charge is 0 e. The minimum atomic E-state index is 0. The van der Waals surface area contributed by atoms with E-state index in [1.807, 2.05) is 0 Å². The molecule has 15 heavy (non-hydrogen) atoms. The molecule has 1 radical (unpaired) electrons. The van der Waals surface area contributed by atoms with Gasteiger partial charge in [-0.3, -0.25) is 0 Å². The Morgan fingerprint density at radius 1 is 0.667 bits per heavy atom. The van der Waals surface area contributed by atoms with E-state index < -0.39 is 0 Å². The van der Waals surface area contributed by atoms with E-state index in [-0.39, 0.29) is 92.1 Å². The molecule has 1 heteroatoms. The summed E-state index contributed by atoms with van der Waals surface area (Å²) in [6.45, 7) is 10.7. The second-order valence-corrected chi connectivity index (χ2v) is 0.854. The predicted octanol–water partition coefficient (Wildman–Crippen LogP) is 7.55. The molecular formula is C14H46Y-2. The summed E-state index contributed by atoms with van der Waals surface area (Å²) in [7, 11) is 0. The van der Waals surface area contributed by atoms with Crippen LogP contribution in [0.4, 0.5) is 0 Å². The molecule has 0 heterocycles. The Kier molecular flexibility index (Phi) is 2930. The largest absolute Gasteiger partial charge is 0.346 e. The third kappa shape index (κ3) is 586. The van der Waals surface area contributed by atoms with Crippen LogP contribution in [0.3, 0.4) is 0 Å². The first-order valence-electron chi connectivity index (χ1n) is 2.41. The van der Waals surface area contributed by atoms with E-state index in [0.717, 1.165) is 6.42 Å². The molecule has 0 fully saturated rings. The first-order valence-corrected chi connectivity index (χ1v) is 2.41. The molecular weight excluding hydrogens is 257 g/mol. The van der Waals surface area contributed by atoms with E-state index in [0.29, 0.717) is 0 Å². The van der Waals surface area contributed by atoms with Gasteiger partial charge in [-0.2, -0.15) is 13.3 Å². The summed E-state index contributed by atoms with van der Waals surface area (Å²) in [4.78, 5) is 0. The molecule has 107 valence electrons. The third-order valence-electron chi connectivity index (χ3n) is 0.354. The number of rotatable bonds is 1. The van der Waals surface area contributed by atoms with Gasteiger partial charge in [-0.1, -0.05) is 72.8 Å². The van der Waals surface area contributed by atoms with Gasteiger partial charge in [-0.05, 0) is 0 Å². The van der Waals surface area contributed by atoms with Gasteiger partial charge in [0, 0.05) is 32.7 Å². The molecule has 0 atom stereocenters. The Morgan fingerprint density at radius 3 is 0.733 bits per heavy atom. The van der Waals surface area contributed by atoms with Crippen molar-refractivity contribution in [3.63, 3.8) is 0 Å². The van der Waals surface area contributed by atoms with E-state index in [1.165, 1.54) is 6.42 Å². The second-order valence-electron chi connectivity index (χ2n) is 0.854. The van der Waals surface area contributed by atoms with Crippen molar-refractivity contribution >= 4 is 0 Å². The van der Waals surface area contributed by atoms with Crippen LogP contribution in [0.15, 0.2) is 0 Å². The van der Waals surface area contributed by atoms with E-state index >= 15 is 0 Å². The average Bonchev–Trinajstić information content (AvgIpc) is 1.72. The van der Waals surface area contributed by atoms with Crippen LogP contribution in [-0.4, -0.2) is 0 Å². The van der Waals surface area contributed by atoms with Crippen LogP contribution in [0.2, 0.25) is 0 Å². The fraction of sp³-hybridized carbons (Fsp3) is 0.857. The molecule has 0 amide bonds. The summed E-state index contributed by atoms with van der Waals surface area (Å²) in [5.74, 6) is 0. The number of unbranched alkanes of at least 4 members (excludes halogenated alkanes) is 1. The van der Waals surface area contributed by atoms with Gasteiger partial charge in [0.1, 0.15) is 0 Å². The summed E-state index contributed by atoms with van der Waals surface area (Å²) < 4.78 is 0. The van der Waals surface area contributed by atoms with Crippen LogP contribution < -0.4 is 0 Å². The molecule has 0 nitrogen and oxygen atoms in total. The van der Waals surface area contributed by atoms with Crippen LogP contribution in [0.25, 0.3) is 0 Å². The predicted molar refractivity (Wildman–Crippen MR) is 85.1 cm³/mol. The van der Waals surface area contributed by atoms with Crippen molar-refractivity contribution in [2.45, 2.75) is 86.1 Å². The fourth-order valence-corrected chi connectivity index (χ4v) is 0. The van der Waals surface area contributed by atoms with Gasteiger partial charge in [0.25, 0.3) is 0 Å². The van der Waals surface area contributed by atoms with Crippen molar-refractivity contribution in [2.24, 2.45) is 0 Å². The molecule has 0 N–H and O–H groups in total. The summed E-state index contributed by atoms with van der Waals surface area (Å²) in [6, 6.07) is 0. The second kappa shape index (κ2) is 312. The van der Waals surface area contributed by atoms with E-state index in [2.05, 4.69) is 20.8 Å². The Hall–Kier alpha value is 1.10. The van der Waals surface area contributed by atoms with Crippen LogP contribution in [0.5, 0.6) is 0 Å². The van der Waals surface area contributed by atoms with Gasteiger partial charge in [-0.15, -0.1) is 0 Å². The van der Waals surface area contributed by atoms with Gasteiger partial charge >= 0.3 is 0 Å². The number of hydrogen-bond acceptors (Lipinski definition) is 0. The van der Waals surface area contributed by atoms with E-state index in [1.54, 1.807) is 6.92 Å². The van der Waals surface area contributed by atoms with Crippen molar-refractivity contribution < 1.29 is 32.7 Å². The zero-order valence-corrected chi connectivity index (χ0v) is 8.24. The van der Waals surface area contributed by atoms with Gasteiger partial charge in [0.2, 0.25) is 0 Å². The fourth-order valence-electron chi connectivity index (χ4n) is 0. The summed E-state index contributed by atoms with van der Waals surface area (Å²) in [5.41, 5.74) is 0. The van der Waals surface area contributed by atoms with Crippen LogP contribution in [0.1, 0.15) is 86.1 Å². The molecule has 0 rings (SSSR count). The Morgan fingerprint density at radius 2 is 0.733 bits per heavy atom. The van der Waals surface area contributed by atoms with Crippen LogP contribution in [-0.2, 0) is 32.7 Å². The molecule has 0 aliphatic carbocycles. The Labute approximate surface area is 132 Å². The van der Waals surface area contributed by atoms with Crippen molar-refractivity contribution in [3.8, 4) is 0 Å². The maximum absolute atomic E-state index is 3.60. The molecule has 0 aliphatic heterocycles. The molecule has 0 saturated heterocycles. The maximum atomic E-state index is 3.60. The van der Waals surface area contributed by atoms with E-state index in [4.69, 9.17) is 0 Å². The van der Waals surface area contributed by atoms with Gasteiger partial charge < -0.3 is 13.8 Å². The quantitative estimate of drug-likeness (QED) is 0.439. The monoisotopic (exact) mass is 303 g/mol. The van der Waals surface area contributed by atoms with Crippen LogP contribution >= 0.6 is 0 Å². The van der Waals surface area contributed by atoms with Crippen molar-refractivity contribution in [3.05, 3.63) is 13.8 Å². The summed E-state index contributed by atoms with van der Waals surface area (Å²) in [5, 5.41) is 0. The standard InChI is InChI=1S/C4H9.C2H5.8CH4.Y/c1-3-4-2;1-2;;;;;;;;;/h1,3-4H2,2H3;1H2,2H3;8*1H4;/q2*-1;;;;;;;;;. The molecule has 0 aliphatic rings. The van der Waals surface area contributed by atoms with Crippen molar-refractivity contribution in [2.75, 3.05) is 0 Å². The first-order chi connectivity index (χ1) is 2.91. The average molecular weight is 303 g/mol. The molecule has 0 unspecified atom stereocenters. The zero-order valence-electron chi connectivity index (χ0n) is 5.41. The Bertz CT molecular complexity index is 7.30. The third-order valence-corrected chi connectivity index (χ3v) is 0.354. The van der Waals surface area contributed by atoms with Gasteiger partial charge in [0.15, 0.2) is 0 Å². The molecule has 0 aromatic heterocycles. The molecule has 0 aromatic rings. The normalized spacial score (nSPS) is 2.40. The summed E-state index contributed by atoms with van der Waals surface area (Å²) in [6.07, 6.45) is 2.28. The SMILES string of the molecule is C.C.C.C.C.C.C.C.[CH2-]C.[CH2-]CCC.[Y]. The topological polar surface area (TPSA) is 0 Å². The molecule has 0 spiro atoms. The minimum Gasteiger partial charge on any atom is -0.346 e. The van der Waals surface area contributed by atoms with Gasteiger partial charge in [-0.25, -0.2) is 0 Å². The van der Waals surface area contributed by atoms with Crippen molar-refractivity contribution in [1.82, 2.24) is 0 Å². The van der Waals surface area contributed by atoms with Crippen molar-refractivity contribution in [1.29, 1.82) is 0 Å². The minimum absolute atomic E-state index is 0. The Balaban J connectivity index is -0.00000000155. The molecule has 0 saturated carbocycles. The molecule has 0 bridgehead atoms. The zero-order chi connectivity index (χ0) is 5.41. The summed E-state index contributed by atoms with van der Waals surface area (Å²) >= 11 is 0. The van der Waals surface area contributed by atoms with E-state index in [9.17, 15) is 0 Å². The molecule has 0 aromatic carbocycles. The number of hydrogen-bond donors (Lipinski definition) is 0. The van der Waals surface area contributed by atoms with Gasteiger partial charge in [0.05, 0.1) is 0 Å². The maximum Gasteiger partial charge on any atom is 0 e.